The lowest BCUT2D eigenvalue weighted by Gasteiger charge is -2.19. The van der Waals surface area contributed by atoms with Gasteiger partial charge in [-0.05, 0) is 76.3 Å². The lowest BCUT2D eigenvalue weighted by Crippen LogP contribution is -2.11. The van der Waals surface area contributed by atoms with Gasteiger partial charge < -0.3 is 19.5 Å². The van der Waals surface area contributed by atoms with E-state index in [1.807, 2.05) is 81.7 Å². The number of carboxylic acid groups (broad SMARTS) is 1. The highest BCUT2D eigenvalue weighted by Crippen LogP contribution is 2.40. The van der Waals surface area contributed by atoms with Crippen LogP contribution in [0.3, 0.4) is 0 Å². The van der Waals surface area contributed by atoms with Gasteiger partial charge in [0.05, 0.1) is 0 Å². The van der Waals surface area contributed by atoms with Crippen LogP contribution >= 0.6 is 11.6 Å². The number of fused-ring (bicyclic) bond motifs is 1. The molecule has 0 radical (unpaired) electrons. The molecule has 0 aliphatic heterocycles. The van der Waals surface area contributed by atoms with Gasteiger partial charge in [0, 0.05) is 42.4 Å². The first-order valence-corrected chi connectivity index (χ1v) is 13.8. The van der Waals surface area contributed by atoms with Gasteiger partial charge in [-0.25, -0.2) is 4.79 Å². The van der Waals surface area contributed by atoms with Crippen molar-refractivity contribution in [1.82, 2.24) is 0 Å². The summed E-state index contributed by atoms with van der Waals surface area (Å²) in [4.78, 5) is 13.4. The van der Waals surface area contributed by atoms with Crippen LogP contribution in [-0.2, 0) is 17.8 Å². The summed E-state index contributed by atoms with van der Waals surface area (Å²) in [6, 6.07) is 32.3. The third-order valence-corrected chi connectivity index (χ3v) is 7.63. The monoisotopic (exact) mass is 565 g/mol. The number of hydrogen-bond donors (Lipinski definition) is 1. The fourth-order valence-corrected chi connectivity index (χ4v) is 5.10. The van der Waals surface area contributed by atoms with Crippen LogP contribution in [0.15, 0.2) is 97.1 Å². The summed E-state index contributed by atoms with van der Waals surface area (Å²) in [7, 11) is 4.04. The minimum Gasteiger partial charge on any atom is -0.488 e. The summed E-state index contributed by atoms with van der Waals surface area (Å²) < 4.78 is 12.3. The summed E-state index contributed by atoms with van der Waals surface area (Å²) >= 11 is 6.45. The maximum atomic E-state index is 11.4. The summed E-state index contributed by atoms with van der Waals surface area (Å²) in [6.45, 7) is 1.97. The third kappa shape index (κ3) is 6.47. The molecule has 0 atom stereocenters. The van der Waals surface area contributed by atoms with Crippen molar-refractivity contribution in [3.63, 3.8) is 0 Å². The van der Waals surface area contributed by atoms with E-state index in [0.29, 0.717) is 23.8 Å². The molecule has 0 spiro atoms. The molecule has 5 aromatic rings. The van der Waals surface area contributed by atoms with Crippen molar-refractivity contribution in [3.05, 3.63) is 124 Å². The first kappa shape index (κ1) is 28.1. The topological polar surface area (TPSA) is 59.0 Å². The van der Waals surface area contributed by atoms with E-state index in [9.17, 15) is 9.90 Å². The standard InChI is InChI=1S/C35H32ClNO4/c1-23-26(10-7-11-32(23)36)18-31-29-20-34(40-21-24-8-5-4-6-9-24)30(25-12-15-28(16-13-25)37(2)3)19-27(29)14-17-33(31)41-22-35(38)39/h4-17,19-20H,18,21-22H2,1-3H3,(H,38,39). The molecule has 5 aromatic carbocycles. The van der Waals surface area contributed by atoms with Crippen LogP contribution in [-0.4, -0.2) is 31.8 Å². The molecule has 0 saturated heterocycles. The van der Waals surface area contributed by atoms with E-state index in [-0.39, 0.29) is 0 Å². The molecule has 0 aliphatic rings. The largest absolute Gasteiger partial charge is 0.488 e. The van der Waals surface area contributed by atoms with Crippen molar-refractivity contribution < 1.29 is 19.4 Å². The van der Waals surface area contributed by atoms with E-state index in [4.69, 9.17) is 21.1 Å². The molecule has 41 heavy (non-hydrogen) atoms. The number of carboxylic acids is 1. The summed E-state index contributed by atoms with van der Waals surface area (Å²) in [5.74, 6) is 0.230. The molecule has 0 saturated carbocycles. The van der Waals surface area contributed by atoms with Crippen molar-refractivity contribution in [2.24, 2.45) is 0 Å². The van der Waals surface area contributed by atoms with Crippen LogP contribution in [0.4, 0.5) is 5.69 Å². The molecule has 5 rings (SSSR count). The highest BCUT2D eigenvalue weighted by Gasteiger charge is 2.17. The van der Waals surface area contributed by atoms with Crippen LogP contribution in [0.2, 0.25) is 5.02 Å². The van der Waals surface area contributed by atoms with Gasteiger partial charge in [-0.3, -0.25) is 0 Å². The Morgan fingerprint density at radius 1 is 0.854 bits per heavy atom. The van der Waals surface area contributed by atoms with Crippen LogP contribution in [0.25, 0.3) is 21.9 Å². The van der Waals surface area contributed by atoms with Gasteiger partial charge in [0.25, 0.3) is 0 Å². The molecule has 208 valence electrons. The Morgan fingerprint density at radius 3 is 2.32 bits per heavy atom. The Labute approximate surface area is 245 Å². The van der Waals surface area contributed by atoms with Crippen LogP contribution in [0.5, 0.6) is 11.5 Å². The number of carbonyl (C=O) groups is 1. The number of nitrogens with zero attached hydrogens (tertiary/aromatic N) is 1. The average Bonchev–Trinajstić information content (AvgIpc) is 2.98. The normalized spacial score (nSPS) is 10.9. The SMILES string of the molecule is Cc1c(Cl)cccc1Cc1c(OCC(=O)O)ccc2cc(-c3ccc(N(C)C)cc3)c(OCc3ccccc3)cc12. The molecule has 0 unspecified atom stereocenters. The molecule has 0 amide bonds. The summed E-state index contributed by atoms with van der Waals surface area (Å²) in [6.07, 6.45) is 0.522. The van der Waals surface area contributed by atoms with E-state index >= 15 is 0 Å². The van der Waals surface area contributed by atoms with Crippen LogP contribution in [0.1, 0.15) is 22.3 Å². The molecule has 0 heterocycles. The van der Waals surface area contributed by atoms with Crippen molar-refractivity contribution in [1.29, 1.82) is 0 Å². The van der Waals surface area contributed by atoms with Gasteiger partial charge in [-0.1, -0.05) is 72.3 Å². The molecular weight excluding hydrogens is 534 g/mol. The predicted octanol–water partition coefficient (Wildman–Crippen LogP) is 8.17. The second kappa shape index (κ2) is 12.4. The second-order valence-corrected chi connectivity index (χ2v) is 10.6. The van der Waals surface area contributed by atoms with Crippen molar-refractivity contribution in [3.8, 4) is 22.6 Å². The fourth-order valence-electron chi connectivity index (χ4n) is 4.91. The molecule has 0 fully saturated rings. The molecular formula is C35H32ClNO4. The number of rotatable bonds is 10. The van der Waals surface area contributed by atoms with E-state index in [0.717, 1.165) is 55.6 Å². The Bertz CT molecular complexity index is 1680. The van der Waals surface area contributed by atoms with E-state index in [1.165, 1.54) is 0 Å². The van der Waals surface area contributed by atoms with Gasteiger partial charge in [0.2, 0.25) is 0 Å². The number of benzene rings is 5. The van der Waals surface area contributed by atoms with E-state index in [1.54, 1.807) is 0 Å². The Kier molecular flexibility index (Phi) is 8.46. The minimum absolute atomic E-state index is 0.410. The Hall–Kier alpha value is -4.48. The molecule has 0 bridgehead atoms. The zero-order valence-electron chi connectivity index (χ0n) is 23.4. The van der Waals surface area contributed by atoms with E-state index in [2.05, 4.69) is 41.3 Å². The van der Waals surface area contributed by atoms with Crippen LogP contribution in [0, 0.1) is 6.92 Å². The Morgan fingerprint density at radius 2 is 1.61 bits per heavy atom. The summed E-state index contributed by atoms with van der Waals surface area (Å²) in [5, 5.41) is 11.9. The van der Waals surface area contributed by atoms with Crippen molar-refractivity contribution in [2.75, 3.05) is 25.6 Å². The molecule has 0 aromatic heterocycles. The zero-order valence-corrected chi connectivity index (χ0v) is 24.1. The fraction of sp³-hybridized carbons (Fsp3) is 0.171. The highest BCUT2D eigenvalue weighted by molar-refractivity contribution is 6.31. The molecule has 5 nitrogen and oxygen atoms in total. The van der Waals surface area contributed by atoms with Gasteiger partial charge in [-0.2, -0.15) is 0 Å². The van der Waals surface area contributed by atoms with E-state index < -0.39 is 12.6 Å². The number of aliphatic carboxylic acids is 1. The number of anilines is 1. The van der Waals surface area contributed by atoms with Crippen LogP contribution < -0.4 is 14.4 Å². The van der Waals surface area contributed by atoms with Gasteiger partial charge in [0.15, 0.2) is 6.61 Å². The average molecular weight is 566 g/mol. The molecule has 6 heteroatoms. The van der Waals surface area contributed by atoms with Gasteiger partial charge >= 0.3 is 5.97 Å². The number of ether oxygens (including phenoxy) is 2. The van der Waals surface area contributed by atoms with Crippen molar-refractivity contribution >= 4 is 34.0 Å². The first-order valence-electron chi connectivity index (χ1n) is 13.4. The minimum atomic E-state index is -1.03. The lowest BCUT2D eigenvalue weighted by atomic mass is 9.92. The number of hydrogen-bond acceptors (Lipinski definition) is 4. The Balaban J connectivity index is 1.67. The summed E-state index contributed by atoms with van der Waals surface area (Å²) in [5.41, 5.74) is 7.10. The zero-order chi connectivity index (χ0) is 28.9. The van der Waals surface area contributed by atoms with Gasteiger partial charge in [0.1, 0.15) is 18.1 Å². The quantitative estimate of drug-likeness (QED) is 0.185. The lowest BCUT2D eigenvalue weighted by molar-refractivity contribution is -0.139. The van der Waals surface area contributed by atoms with Gasteiger partial charge in [-0.15, -0.1) is 0 Å². The third-order valence-electron chi connectivity index (χ3n) is 7.22. The maximum absolute atomic E-state index is 11.4. The first-order chi connectivity index (χ1) is 19.8. The second-order valence-electron chi connectivity index (χ2n) is 10.2. The molecule has 0 aliphatic carbocycles. The maximum Gasteiger partial charge on any atom is 0.341 e. The highest BCUT2D eigenvalue weighted by atomic mass is 35.5. The number of halogens is 1. The molecule has 1 N–H and O–H groups in total. The smallest absolute Gasteiger partial charge is 0.341 e. The predicted molar refractivity (Wildman–Crippen MR) is 167 cm³/mol. The van der Waals surface area contributed by atoms with Crippen molar-refractivity contribution in [2.45, 2.75) is 20.0 Å².